The molecule has 0 spiro atoms. The Hall–Kier alpha value is -3.35. The molecule has 31 heavy (non-hydrogen) atoms. The number of carbonyl (C=O) groups excluding carboxylic acids is 2. The summed E-state index contributed by atoms with van der Waals surface area (Å²) in [6, 6.07) is 17.0. The van der Waals surface area contributed by atoms with Gasteiger partial charge in [-0.15, -0.1) is 0 Å². The van der Waals surface area contributed by atoms with Crippen LogP contribution in [0.5, 0.6) is 0 Å². The summed E-state index contributed by atoms with van der Waals surface area (Å²) >= 11 is 0. The Morgan fingerprint density at radius 1 is 1.06 bits per heavy atom. The van der Waals surface area contributed by atoms with Crippen molar-refractivity contribution in [1.82, 2.24) is 20.2 Å². The summed E-state index contributed by atoms with van der Waals surface area (Å²) in [7, 11) is 0. The molecule has 162 valence electrons. The normalized spacial score (nSPS) is 14.8. The van der Waals surface area contributed by atoms with Gasteiger partial charge in [0.05, 0.1) is 11.0 Å². The second-order valence-electron chi connectivity index (χ2n) is 8.04. The zero-order chi connectivity index (χ0) is 21.8. The summed E-state index contributed by atoms with van der Waals surface area (Å²) in [5.74, 6) is 0.500. The summed E-state index contributed by atoms with van der Waals surface area (Å²) in [5, 5.41) is 5.95. The Bertz CT molecular complexity index is 1060. The lowest BCUT2D eigenvalue weighted by molar-refractivity contribution is -0.124. The fraction of sp³-hybridized carbons (Fsp3) is 0.375. The number of hydrogen-bond donors (Lipinski definition) is 2. The molecule has 1 aromatic heterocycles. The van der Waals surface area contributed by atoms with E-state index in [1.165, 1.54) is 5.56 Å². The molecule has 1 aliphatic heterocycles. The highest BCUT2D eigenvalue weighted by molar-refractivity contribution is 5.96. The van der Waals surface area contributed by atoms with Crippen molar-refractivity contribution in [2.45, 2.75) is 39.3 Å². The summed E-state index contributed by atoms with van der Waals surface area (Å²) in [4.78, 5) is 32.3. The Balaban J connectivity index is 1.42. The van der Waals surface area contributed by atoms with Crippen molar-refractivity contribution in [2.24, 2.45) is 5.92 Å². The van der Waals surface area contributed by atoms with Crippen molar-refractivity contribution in [3.8, 4) is 0 Å². The number of para-hydroxylation sites is 2. The van der Waals surface area contributed by atoms with Crippen LogP contribution in [0, 0.1) is 5.92 Å². The van der Waals surface area contributed by atoms with Gasteiger partial charge in [0, 0.05) is 19.6 Å². The van der Waals surface area contributed by atoms with Crippen molar-refractivity contribution >= 4 is 28.9 Å². The number of benzene rings is 2. The first kappa shape index (κ1) is 20.9. The third-order valence-electron chi connectivity index (χ3n) is 6.00. The van der Waals surface area contributed by atoms with E-state index in [2.05, 4.69) is 15.6 Å². The lowest BCUT2D eigenvalue weighted by Crippen LogP contribution is -2.54. The second-order valence-corrected chi connectivity index (χ2v) is 8.04. The Morgan fingerprint density at radius 3 is 2.58 bits per heavy atom. The number of fused-ring (bicyclic) bond motifs is 3. The molecule has 3 amide bonds. The van der Waals surface area contributed by atoms with E-state index in [9.17, 15) is 9.59 Å². The number of aromatic nitrogens is 2. The maximum Gasteiger partial charge on any atom is 0.324 e. The standard InChI is InChI=1S/C24H29N5O2/c1-3-17(2)21(22(30)25-14-13-18-9-5-4-6-10-18)27-24(31)29-16-15-28-20-12-8-7-11-19(20)26-23(28)29/h4-12,17,21H,3,13-16H2,1-2H3,(H,25,30)(H,27,31)/t17-,21-/m0/s1. The van der Waals surface area contributed by atoms with E-state index in [1.54, 1.807) is 4.90 Å². The molecule has 2 aromatic carbocycles. The van der Waals surface area contributed by atoms with Crippen LogP contribution in [-0.4, -0.2) is 40.6 Å². The van der Waals surface area contributed by atoms with Gasteiger partial charge in [-0.3, -0.25) is 9.69 Å². The van der Waals surface area contributed by atoms with Crippen LogP contribution in [0.25, 0.3) is 11.0 Å². The van der Waals surface area contributed by atoms with Crippen LogP contribution in [-0.2, 0) is 17.8 Å². The van der Waals surface area contributed by atoms with Crippen LogP contribution in [0.15, 0.2) is 54.6 Å². The average Bonchev–Trinajstić information content (AvgIpc) is 3.37. The molecule has 0 saturated carbocycles. The second kappa shape index (κ2) is 9.20. The van der Waals surface area contributed by atoms with Crippen molar-refractivity contribution in [2.75, 3.05) is 18.0 Å². The first-order chi connectivity index (χ1) is 15.1. The van der Waals surface area contributed by atoms with E-state index in [0.29, 0.717) is 25.6 Å². The highest BCUT2D eigenvalue weighted by Crippen LogP contribution is 2.27. The Morgan fingerprint density at radius 2 is 1.81 bits per heavy atom. The third-order valence-corrected chi connectivity index (χ3v) is 6.00. The van der Waals surface area contributed by atoms with Gasteiger partial charge in [-0.2, -0.15) is 0 Å². The van der Waals surface area contributed by atoms with Crippen LogP contribution in [0.1, 0.15) is 25.8 Å². The fourth-order valence-electron chi connectivity index (χ4n) is 3.98. The minimum Gasteiger partial charge on any atom is -0.354 e. The molecular formula is C24H29N5O2. The number of hydrogen-bond acceptors (Lipinski definition) is 3. The minimum atomic E-state index is -0.591. The van der Waals surface area contributed by atoms with Gasteiger partial charge in [-0.05, 0) is 30.0 Å². The largest absolute Gasteiger partial charge is 0.354 e. The Kier molecular flexibility index (Phi) is 6.21. The molecular weight excluding hydrogens is 390 g/mol. The van der Waals surface area contributed by atoms with Crippen LogP contribution >= 0.6 is 0 Å². The van der Waals surface area contributed by atoms with Crippen LogP contribution in [0.4, 0.5) is 10.7 Å². The number of carbonyl (C=O) groups is 2. The van der Waals surface area contributed by atoms with Crippen LogP contribution < -0.4 is 15.5 Å². The first-order valence-corrected chi connectivity index (χ1v) is 10.9. The molecule has 0 radical (unpaired) electrons. The van der Waals surface area contributed by atoms with Gasteiger partial charge in [-0.1, -0.05) is 62.7 Å². The number of urea groups is 1. The molecule has 0 fully saturated rings. The molecule has 7 nitrogen and oxygen atoms in total. The highest BCUT2D eigenvalue weighted by atomic mass is 16.2. The summed E-state index contributed by atoms with van der Waals surface area (Å²) in [6.07, 6.45) is 1.54. The molecule has 2 N–H and O–H groups in total. The number of rotatable bonds is 7. The summed E-state index contributed by atoms with van der Waals surface area (Å²) < 4.78 is 2.05. The van der Waals surface area contributed by atoms with Crippen molar-refractivity contribution in [3.63, 3.8) is 0 Å². The molecule has 0 saturated heterocycles. The number of imidazole rings is 1. The lowest BCUT2D eigenvalue weighted by Gasteiger charge is -2.26. The van der Waals surface area contributed by atoms with Gasteiger partial charge in [-0.25, -0.2) is 9.78 Å². The van der Waals surface area contributed by atoms with E-state index in [4.69, 9.17) is 0 Å². The topological polar surface area (TPSA) is 79.3 Å². The molecule has 1 aliphatic rings. The van der Waals surface area contributed by atoms with E-state index in [0.717, 1.165) is 23.9 Å². The van der Waals surface area contributed by atoms with Gasteiger partial charge in [0.1, 0.15) is 6.04 Å². The van der Waals surface area contributed by atoms with Crippen LogP contribution in [0.3, 0.4) is 0 Å². The molecule has 0 aliphatic carbocycles. The lowest BCUT2D eigenvalue weighted by atomic mass is 9.98. The molecule has 2 heterocycles. The minimum absolute atomic E-state index is 0.0158. The monoisotopic (exact) mass is 419 g/mol. The third kappa shape index (κ3) is 4.40. The first-order valence-electron chi connectivity index (χ1n) is 10.9. The zero-order valence-electron chi connectivity index (χ0n) is 18.0. The molecule has 0 bridgehead atoms. The predicted octanol–water partition coefficient (Wildman–Crippen LogP) is 3.34. The highest BCUT2D eigenvalue weighted by Gasteiger charge is 2.32. The quantitative estimate of drug-likeness (QED) is 0.616. The van der Waals surface area contributed by atoms with E-state index in [-0.39, 0.29) is 17.9 Å². The fourth-order valence-corrected chi connectivity index (χ4v) is 3.98. The molecule has 4 rings (SSSR count). The van der Waals surface area contributed by atoms with E-state index < -0.39 is 6.04 Å². The SMILES string of the molecule is CC[C@H](C)[C@H](NC(=O)N1CCn2c1nc1ccccc12)C(=O)NCCc1ccccc1. The van der Waals surface area contributed by atoms with Gasteiger partial charge in [0.2, 0.25) is 11.9 Å². The molecule has 2 atom stereocenters. The average molecular weight is 420 g/mol. The maximum absolute atomic E-state index is 13.1. The summed E-state index contributed by atoms with van der Waals surface area (Å²) in [5.41, 5.74) is 3.06. The number of amides is 3. The number of nitrogens with one attached hydrogen (secondary N) is 2. The van der Waals surface area contributed by atoms with Gasteiger partial charge in [0.15, 0.2) is 0 Å². The number of nitrogens with zero attached hydrogens (tertiary/aromatic N) is 3. The van der Waals surface area contributed by atoms with Gasteiger partial charge in [0.25, 0.3) is 0 Å². The zero-order valence-corrected chi connectivity index (χ0v) is 18.0. The Labute approximate surface area is 182 Å². The van der Waals surface area contributed by atoms with E-state index >= 15 is 0 Å². The smallest absolute Gasteiger partial charge is 0.324 e. The van der Waals surface area contributed by atoms with E-state index in [1.807, 2.05) is 73.0 Å². The molecule has 7 heteroatoms. The van der Waals surface area contributed by atoms with Crippen molar-refractivity contribution in [3.05, 3.63) is 60.2 Å². The number of anilines is 1. The molecule has 3 aromatic rings. The maximum atomic E-state index is 13.1. The molecule has 0 unspecified atom stereocenters. The summed E-state index contributed by atoms with van der Waals surface area (Å²) in [6.45, 7) is 5.78. The predicted molar refractivity (Wildman–Crippen MR) is 122 cm³/mol. The van der Waals surface area contributed by atoms with Crippen molar-refractivity contribution in [1.29, 1.82) is 0 Å². The van der Waals surface area contributed by atoms with Gasteiger partial charge >= 0.3 is 6.03 Å². The van der Waals surface area contributed by atoms with Crippen LogP contribution in [0.2, 0.25) is 0 Å². The van der Waals surface area contributed by atoms with Crippen molar-refractivity contribution < 1.29 is 9.59 Å². The van der Waals surface area contributed by atoms with Gasteiger partial charge < -0.3 is 15.2 Å².